The van der Waals surface area contributed by atoms with Crippen LogP contribution in [0, 0.1) is 0 Å². The van der Waals surface area contributed by atoms with Gasteiger partial charge < -0.3 is 15.0 Å². The molecular weight excluding hydrogens is 483 g/mol. The zero-order valence-electron chi connectivity index (χ0n) is 19.5. The van der Waals surface area contributed by atoms with E-state index in [1.165, 1.54) is 0 Å². The van der Waals surface area contributed by atoms with Gasteiger partial charge in [-0.2, -0.15) is 0 Å². The highest BCUT2D eigenvalue weighted by atomic mass is 35.5. The average Bonchev–Trinajstić information content (AvgIpc) is 2.72. The van der Waals surface area contributed by atoms with Gasteiger partial charge in [0.1, 0.15) is 11.8 Å². The molecule has 5 nitrogen and oxygen atoms in total. The Balaban J connectivity index is 2.12. The Hall–Kier alpha value is -1.95. The Labute approximate surface area is 211 Å². The molecule has 180 valence electrons. The fraction of sp³-hybridized carbons (Fsp3) is 0.440. The second-order valence-electron chi connectivity index (χ2n) is 8.83. The number of hydrogen-bond donors (Lipinski definition) is 1. The number of halogens is 3. The predicted molar refractivity (Wildman–Crippen MR) is 135 cm³/mol. The molecule has 8 heteroatoms. The summed E-state index contributed by atoms with van der Waals surface area (Å²) >= 11 is 18.3. The first-order chi connectivity index (χ1) is 15.5. The summed E-state index contributed by atoms with van der Waals surface area (Å²) in [5, 5.41) is 4.59. The van der Waals surface area contributed by atoms with E-state index in [9.17, 15) is 9.59 Å². The molecule has 2 aromatic rings. The topological polar surface area (TPSA) is 58.6 Å². The highest BCUT2D eigenvalue weighted by molar-refractivity contribution is 6.35. The zero-order valence-corrected chi connectivity index (χ0v) is 21.7. The molecule has 0 aliphatic heterocycles. The summed E-state index contributed by atoms with van der Waals surface area (Å²) in [4.78, 5) is 27.9. The van der Waals surface area contributed by atoms with Crippen molar-refractivity contribution in [2.24, 2.45) is 0 Å². The lowest BCUT2D eigenvalue weighted by molar-refractivity contribution is -0.142. The van der Waals surface area contributed by atoms with Crippen LogP contribution >= 0.6 is 34.8 Å². The lowest BCUT2D eigenvalue weighted by Gasteiger charge is -2.33. The van der Waals surface area contributed by atoms with Crippen LogP contribution < -0.4 is 10.1 Å². The average molecular weight is 514 g/mol. The highest BCUT2D eigenvalue weighted by Crippen LogP contribution is 2.24. The van der Waals surface area contributed by atoms with Crippen molar-refractivity contribution in [2.45, 2.75) is 65.1 Å². The van der Waals surface area contributed by atoms with Crippen LogP contribution in [0.5, 0.6) is 5.75 Å². The van der Waals surface area contributed by atoms with Crippen molar-refractivity contribution < 1.29 is 14.3 Å². The minimum atomic E-state index is -0.624. The molecular formula is C25H31Cl3N2O3. The van der Waals surface area contributed by atoms with Gasteiger partial charge in [-0.15, -0.1) is 0 Å². The van der Waals surface area contributed by atoms with Gasteiger partial charge in [0.25, 0.3) is 0 Å². The molecule has 0 aromatic heterocycles. The van der Waals surface area contributed by atoms with E-state index in [1.54, 1.807) is 47.4 Å². The van der Waals surface area contributed by atoms with E-state index in [0.717, 1.165) is 5.56 Å². The quantitative estimate of drug-likeness (QED) is 0.368. The normalized spacial score (nSPS) is 12.2. The molecule has 1 unspecified atom stereocenters. The van der Waals surface area contributed by atoms with E-state index >= 15 is 0 Å². The molecule has 33 heavy (non-hydrogen) atoms. The van der Waals surface area contributed by atoms with E-state index in [4.69, 9.17) is 39.5 Å². The highest BCUT2D eigenvalue weighted by Gasteiger charge is 2.30. The van der Waals surface area contributed by atoms with Gasteiger partial charge in [0.15, 0.2) is 0 Å². The summed E-state index contributed by atoms with van der Waals surface area (Å²) in [7, 11) is 0. The van der Waals surface area contributed by atoms with Gasteiger partial charge in [-0.1, -0.05) is 47.8 Å². The van der Waals surface area contributed by atoms with Crippen molar-refractivity contribution in [1.82, 2.24) is 10.2 Å². The molecule has 2 aromatic carbocycles. The van der Waals surface area contributed by atoms with Crippen molar-refractivity contribution in [3.05, 3.63) is 63.1 Å². The summed E-state index contributed by atoms with van der Waals surface area (Å²) < 4.78 is 5.70. The lowest BCUT2D eigenvalue weighted by atomic mass is 10.0. The molecule has 0 radical (unpaired) electrons. The number of carbonyl (C=O) groups excluding carboxylic acids is 2. The van der Waals surface area contributed by atoms with E-state index in [-0.39, 0.29) is 24.8 Å². The second-order valence-corrected chi connectivity index (χ2v) is 10.1. The van der Waals surface area contributed by atoms with Crippen LogP contribution in [0.2, 0.25) is 15.1 Å². The number of nitrogens with one attached hydrogen (secondary N) is 1. The van der Waals surface area contributed by atoms with Crippen LogP contribution in [0.25, 0.3) is 0 Å². The molecule has 0 spiro atoms. The summed E-state index contributed by atoms with van der Waals surface area (Å²) in [5.74, 6) is 0.352. The molecule has 0 aliphatic carbocycles. The van der Waals surface area contributed by atoms with Gasteiger partial charge >= 0.3 is 0 Å². The Morgan fingerprint density at radius 1 is 1.03 bits per heavy atom. The second kappa shape index (κ2) is 12.5. The van der Waals surface area contributed by atoms with Gasteiger partial charge in [-0.3, -0.25) is 9.59 Å². The molecule has 0 bridgehead atoms. The number of benzene rings is 2. The lowest BCUT2D eigenvalue weighted by Crippen LogP contribution is -2.53. The zero-order chi connectivity index (χ0) is 24.6. The van der Waals surface area contributed by atoms with Crippen LogP contribution in [0.15, 0.2) is 42.5 Å². The number of ether oxygens (including phenoxy) is 1. The maximum atomic E-state index is 13.3. The minimum Gasteiger partial charge on any atom is -0.494 e. The van der Waals surface area contributed by atoms with Crippen molar-refractivity contribution in [1.29, 1.82) is 0 Å². The van der Waals surface area contributed by atoms with Crippen LogP contribution in [0.4, 0.5) is 0 Å². The number of rotatable bonds is 10. The first kappa shape index (κ1) is 27.3. The number of carbonyl (C=O) groups is 2. The first-order valence-corrected chi connectivity index (χ1v) is 12.1. The molecule has 0 fully saturated rings. The molecule has 0 heterocycles. The molecule has 1 atom stereocenters. The number of hydrogen-bond acceptors (Lipinski definition) is 3. The summed E-state index contributed by atoms with van der Waals surface area (Å²) in [6, 6.07) is 11.6. The number of amides is 2. The Kier molecular flexibility index (Phi) is 10.3. The minimum absolute atomic E-state index is 0.142. The van der Waals surface area contributed by atoms with Crippen LogP contribution in [-0.4, -0.2) is 34.9 Å². The summed E-state index contributed by atoms with van der Waals surface area (Å²) in [6.07, 6.45) is 1.21. The third kappa shape index (κ3) is 9.07. The molecule has 0 aliphatic rings. The maximum absolute atomic E-state index is 13.3. The Morgan fingerprint density at radius 3 is 2.24 bits per heavy atom. The molecule has 2 amide bonds. The predicted octanol–water partition coefficient (Wildman–Crippen LogP) is 6.53. The van der Waals surface area contributed by atoms with Gasteiger partial charge in [-0.05, 0) is 75.6 Å². The third-order valence-electron chi connectivity index (χ3n) is 4.86. The summed E-state index contributed by atoms with van der Waals surface area (Å²) in [5.41, 5.74) is 0.317. The monoisotopic (exact) mass is 512 g/mol. The largest absolute Gasteiger partial charge is 0.494 e. The Bertz CT molecular complexity index is 943. The van der Waals surface area contributed by atoms with E-state index in [2.05, 4.69) is 5.32 Å². The van der Waals surface area contributed by atoms with Crippen LogP contribution in [0.1, 0.15) is 52.5 Å². The van der Waals surface area contributed by atoms with E-state index in [0.29, 0.717) is 40.3 Å². The number of nitrogens with zero attached hydrogens (tertiary/aromatic N) is 1. The molecule has 0 saturated carbocycles. The fourth-order valence-electron chi connectivity index (χ4n) is 3.29. The standard InChI is InChI=1S/C25H31Cl3N2O3/c1-5-22(24(32)29-25(2,3)4)30(16-17-8-9-19(27)15-21(17)28)23(31)7-6-14-33-20-12-10-18(26)11-13-20/h8-13,15,22H,5-7,14,16H2,1-4H3,(H,29,32). The van der Waals surface area contributed by atoms with Gasteiger partial charge in [0.05, 0.1) is 6.61 Å². The first-order valence-electron chi connectivity index (χ1n) is 10.9. The fourth-order valence-corrected chi connectivity index (χ4v) is 3.89. The van der Waals surface area contributed by atoms with E-state index in [1.807, 2.05) is 27.7 Å². The SMILES string of the molecule is CCC(C(=O)NC(C)(C)C)N(Cc1ccc(Cl)cc1Cl)C(=O)CCCOc1ccc(Cl)cc1. The van der Waals surface area contributed by atoms with Crippen molar-refractivity contribution in [2.75, 3.05) is 6.61 Å². The van der Waals surface area contributed by atoms with Crippen molar-refractivity contribution in [3.8, 4) is 5.75 Å². The van der Waals surface area contributed by atoms with Gasteiger partial charge in [0, 0.05) is 33.6 Å². The van der Waals surface area contributed by atoms with E-state index < -0.39 is 11.6 Å². The van der Waals surface area contributed by atoms with Gasteiger partial charge in [0.2, 0.25) is 11.8 Å². The smallest absolute Gasteiger partial charge is 0.243 e. The van der Waals surface area contributed by atoms with Crippen LogP contribution in [0.3, 0.4) is 0 Å². The maximum Gasteiger partial charge on any atom is 0.243 e. The summed E-state index contributed by atoms with van der Waals surface area (Å²) in [6.45, 7) is 8.20. The van der Waals surface area contributed by atoms with Crippen LogP contribution in [-0.2, 0) is 16.1 Å². The van der Waals surface area contributed by atoms with Crippen molar-refractivity contribution in [3.63, 3.8) is 0 Å². The molecule has 0 saturated heterocycles. The third-order valence-corrected chi connectivity index (χ3v) is 5.70. The Morgan fingerprint density at radius 2 is 1.67 bits per heavy atom. The molecule has 2 rings (SSSR count). The van der Waals surface area contributed by atoms with Gasteiger partial charge in [-0.25, -0.2) is 0 Å². The van der Waals surface area contributed by atoms with Crippen molar-refractivity contribution >= 4 is 46.6 Å². The molecule has 1 N–H and O–H groups in total.